The van der Waals surface area contributed by atoms with Gasteiger partial charge < -0.3 is 42.5 Å². The molecule has 1 aliphatic heterocycles. The van der Waals surface area contributed by atoms with Crippen LogP contribution < -0.4 is 38.8 Å². The summed E-state index contributed by atoms with van der Waals surface area (Å²) in [5.74, 6) is -2.31. The van der Waals surface area contributed by atoms with Crippen molar-refractivity contribution in [1.29, 1.82) is 0 Å². The zero-order valence-corrected chi connectivity index (χ0v) is 25.3. The Morgan fingerprint density at radius 2 is 1.78 bits per heavy atom. The van der Waals surface area contributed by atoms with Crippen LogP contribution in [0.25, 0.3) is 11.0 Å². The number of rotatable bonds is 14. The van der Waals surface area contributed by atoms with Gasteiger partial charge in [-0.3, -0.25) is 24.2 Å². The van der Waals surface area contributed by atoms with Gasteiger partial charge in [-0.25, -0.2) is 4.79 Å². The molecule has 252 valence electrons. The summed E-state index contributed by atoms with van der Waals surface area (Å²) in [6.45, 7) is 2.12. The van der Waals surface area contributed by atoms with Crippen molar-refractivity contribution in [1.82, 2.24) is 15.5 Å². The SMILES string of the molecule is CC(=O)N[C@@H](CCCCN)C(=O)N1CCC[C@H]1C(=O)N[C@@H](CCCN=C(N)N)C(=O)Nc1ccc2c(C(F)(F)F)cc(=O)oc2c1. The second-order valence-electron chi connectivity index (χ2n) is 10.9. The fourth-order valence-electron chi connectivity index (χ4n) is 5.24. The summed E-state index contributed by atoms with van der Waals surface area (Å²) in [4.78, 5) is 69.1. The Bertz CT molecular complexity index is 1510. The van der Waals surface area contributed by atoms with Crippen molar-refractivity contribution in [2.75, 3.05) is 25.0 Å². The lowest BCUT2D eigenvalue weighted by molar-refractivity contribution is -0.142. The first kappa shape index (κ1) is 35.8. The van der Waals surface area contributed by atoms with Crippen molar-refractivity contribution in [2.45, 2.75) is 76.2 Å². The highest BCUT2D eigenvalue weighted by Gasteiger charge is 2.38. The van der Waals surface area contributed by atoms with Gasteiger partial charge in [0, 0.05) is 43.2 Å². The maximum absolute atomic E-state index is 13.5. The Balaban J connectivity index is 1.81. The summed E-state index contributed by atoms with van der Waals surface area (Å²) in [7, 11) is 0. The smallest absolute Gasteiger partial charge is 0.417 e. The number of halogens is 3. The first-order valence-corrected chi connectivity index (χ1v) is 14.8. The number of amides is 4. The van der Waals surface area contributed by atoms with Gasteiger partial charge in [-0.05, 0) is 63.6 Å². The summed E-state index contributed by atoms with van der Waals surface area (Å²) < 4.78 is 45.3. The van der Waals surface area contributed by atoms with E-state index in [-0.39, 0.29) is 43.0 Å². The van der Waals surface area contributed by atoms with E-state index in [0.29, 0.717) is 44.7 Å². The molecule has 17 heteroatoms. The van der Waals surface area contributed by atoms with E-state index in [0.717, 1.165) is 12.1 Å². The highest BCUT2D eigenvalue weighted by molar-refractivity contribution is 6.00. The van der Waals surface area contributed by atoms with Crippen LogP contribution in [0.4, 0.5) is 18.9 Å². The Labute approximate surface area is 262 Å². The fraction of sp³-hybridized carbons (Fsp3) is 0.517. The zero-order valence-electron chi connectivity index (χ0n) is 25.3. The van der Waals surface area contributed by atoms with Gasteiger partial charge in [0.05, 0.1) is 5.56 Å². The number of fused-ring (bicyclic) bond motifs is 1. The monoisotopic (exact) mass is 652 g/mol. The molecule has 0 aliphatic carbocycles. The molecule has 1 saturated heterocycles. The van der Waals surface area contributed by atoms with E-state index >= 15 is 0 Å². The number of aliphatic imine (C=N–C) groups is 1. The third kappa shape index (κ3) is 9.92. The number of likely N-dealkylation sites (tertiary alicyclic amines) is 1. The number of carbonyl (C=O) groups is 4. The lowest BCUT2D eigenvalue weighted by Crippen LogP contribution is -2.55. The maximum atomic E-state index is 13.5. The van der Waals surface area contributed by atoms with Gasteiger partial charge in [0.25, 0.3) is 0 Å². The summed E-state index contributed by atoms with van der Waals surface area (Å²) in [6.07, 6.45) is -2.08. The predicted octanol–water partition coefficient (Wildman–Crippen LogP) is 0.913. The number of nitrogens with two attached hydrogens (primary N) is 3. The first-order chi connectivity index (χ1) is 21.7. The molecular formula is C29H39F3N8O6. The van der Waals surface area contributed by atoms with Crippen LogP contribution in [0.1, 0.15) is 57.4 Å². The predicted molar refractivity (Wildman–Crippen MR) is 163 cm³/mol. The van der Waals surface area contributed by atoms with Crippen molar-refractivity contribution >= 4 is 46.2 Å². The molecule has 2 heterocycles. The molecule has 0 bridgehead atoms. The Hall–Kier alpha value is -4.67. The molecule has 14 nitrogen and oxygen atoms in total. The Kier molecular flexibility index (Phi) is 12.5. The number of anilines is 1. The van der Waals surface area contributed by atoms with Crippen molar-refractivity contribution in [3.8, 4) is 0 Å². The zero-order chi connectivity index (χ0) is 34.0. The standard InChI is InChI=1S/C29H39F3N8O6/c1-16(41)37-21(6-2-3-11-33)27(45)40-13-5-8-22(40)26(44)39-20(7-4-12-36-28(34)35)25(43)38-17-9-10-18-19(29(30,31)32)15-24(42)46-23(18)14-17/h9-10,14-15,20-22H,2-8,11-13,33H2,1H3,(H,37,41)(H,38,43)(H,39,44)(H4,34,35,36)/t20-,21-,22-/m0/s1. The van der Waals surface area contributed by atoms with Crippen LogP contribution in [0.15, 0.2) is 38.5 Å². The van der Waals surface area contributed by atoms with Crippen LogP contribution in [0.3, 0.4) is 0 Å². The summed E-state index contributed by atoms with van der Waals surface area (Å²) in [5.41, 5.74) is 13.5. The minimum absolute atomic E-state index is 0.0109. The molecule has 4 amide bonds. The number of alkyl halides is 3. The lowest BCUT2D eigenvalue weighted by atomic mass is 10.1. The van der Waals surface area contributed by atoms with Crippen LogP contribution in [-0.2, 0) is 25.4 Å². The Morgan fingerprint density at radius 1 is 1.07 bits per heavy atom. The summed E-state index contributed by atoms with van der Waals surface area (Å²) >= 11 is 0. The molecule has 1 aliphatic rings. The molecule has 2 aromatic rings. The van der Waals surface area contributed by atoms with Gasteiger partial charge in [-0.15, -0.1) is 0 Å². The summed E-state index contributed by atoms with van der Waals surface area (Å²) in [6, 6.07) is 0.760. The average Bonchev–Trinajstić information content (AvgIpc) is 3.46. The Morgan fingerprint density at radius 3 is 2.43 bits per heavy atom. The molecule has 1 aromatic heterocycles. The maximum Gasteiger partial charge on any atom is 0.417 e. The molecule has 0 radical (unpaired) electrons. The fourth-order valence-corrected chi connectivity index (χ4v) is 5.24. The average molecular weight is 653 g/mol. The van der Waals surface area contributed by atoms with Crippen LogP contribution in [0.2, 0.25) is 0 Å². The number of hydrogen-bond acceptors (Lipinski definition) is 8. The van der Waals surface area contributed by atoms with Gasteiger partial charge in [-0.2, -0.15) is 13.2 Å². The van der Waals surface area contributed by atoms with Crippen LogP contribution >= 0.6 is 0 Å². The van der Waals surface area contributed by atoms with E-state index in [2.05, 4.69) is 20.9 Å². The quantitative estimate of drug-likeness (QED) is 0.0737. The molecule has 1 aromatic carbocycles. The third-order valence-corrected chi connectivity index (χ3v) is 7.36. The second kappa shape index (κ2) is 16.1. The van der Waals surface area contributed by atoms with E-state index < -0.39 is 64.7 Å². The van der Waals surface area contributed by atoms with Gasteiger partial charge >= 0.3 is 11.8 Å². The van der Waals surface area contributed by atoms with E-state index in [9.17, 15) is 37.1 Å². The minimum Gasteiger partial charge on any atom is -0.423 e. The molecule has 3 atom stereocenters. The van der Waals surface area contributed by atoms with Crippen molar-refractivity contribution in [3.05, 3.63) is 40.2 Å². The number of carbonyl (C=O) groups excluding carboxylic acids is 4. The largest absolute Gasteiger partial charge is 0.423 e. The molecule has 9 N–H and O–H groups in total. The summed E-state index contributed by atoms with van der Waals surface area (Å²) in [5, 5.41) is 7.48. The van der Waals surface area contributed by atoms with Crippen LogP contribution in [0, 0.1) is 0 Å². The van der Waals surface area contributed by atoms with Gasteiger partial charge in [0.2, 0.25) is 23.6 Å². The molecule has 0 spiro atoms. The van der Waals surface area contributed by atoms with Gasteiger partial charge in [-0.1, -0.05) is 0 Å². The van der Waals surface area contributed by atoms with Crippen molar-refractivity contribution in [3.63, 3.8) is 0 Å². The highest BCUT2D eigenvalue weighted by atomic mass is 19.4. The number of benzene rings is 1. The minimum atomic E-state index is -4.81. The number of nitrogens with zero attached hydrogens (tertiary/aromatic N) is 2. The number of unbranched alkanes of at least 4 members (excludes halogenated alkanes) is 1. The molecule has 3 rings (SSSR count). The van der Waals surface area contributed by atoms with Gasteiger partial charge in [0.1, 0.15) is 23.7 Å². The first-order valence-electron chi connectivity index (χ1n) is 14.8. The third-order valence-electron chi connectivity index (χ3n) is 7.36. The lowest BCUT2D eigenvalue weighted by Gasteiger charge is -2.29. The number of hydrogen-bond donors (Lipinski definition) is 6. The van der Waals surface area contributed by atoms with E-state index in [1.165, 1.54) is 17.9 Å². The molecular weight excluding hydrogens is 613 g/mol. The molecule has 0 saturated carbocycles. The second-order valence-corrected chi connectivity index (χ2v) is 10.9. The topological polar surface area (TPSA) is 228 Å². The van der Waals surface area contributed by atoms with Crippen LogP contribution in [0.5, 0.6) is 0 Å². The van der Waals surface area contributed by atoms with Crippen molar-refractivity contribution < 1.29 is 36.8 Å². The van der Waals surface area contributed by atoms with Crippen molar-refractivity contribution in [2.24, 2.45) is 22.2 Å². The normalized spacial score (nSPS) is 16.0. The molecule has 1 fully saturated rings. The number of nitrogens with one attached hydrogen (secondary N) is 3. The van der Waals surface area contributed by atoms with E-state index in [1.807, 2.05) is 0 Å². The van der Waals surface area contributed by atoms with Gasteiger partial charge in [0.15, 0.2) is 5.96 Å². The van der Waals surface area contributed by atoms with E-state index in [4.69, 9.17) is 21.6 Å². The van der Waals surface area contributed by atoms with E-state index in [1.54, 1.807) is 0 Å². The van der Waals surface area contributed by atoms with Crippen LogP contribution in [-0.4, -0.2) is 72.2 Å². The number of guanidine groups is 1. The molecule has 46 heavy (non-hydrogen) atoms. The highest BCUT2D eigenvalue weighted by Crippen LogP contribution is 2.34. The molecule has 0 unspecified atom stereocenters.